The molecule has 0 fully saturated rings. The lowest BCUT2D eigenvalue weighted by atomic mass is 10.2. The van der Waals surface area contributed by atoms with Crippen LogP contribution >= 0.6 is 0 Å². The Kier molecular flexibility index (Phi) is 3.31. The van der Waals surface area contributed by atoms with Crippen LogP contribution in [0.25, 0.3) is 16.6 Å². The van der Waals surface area contributed by atoms with Gasteiger partial charge >= 0.3 is 6.18 Å². The van der Waals surface area contributed by atoms with Crippen LogP contribution in [-0.2, 0) is 6.18 Å². The van der Waals surface area contributed by atoms with Crippen molar-refractivity contribution in [2.75, 3.05) is 7.11 Å². The van der Waals surface area contributed by atoms with E-state index < -0.39 is 11.7 Å². The predicted octanol–water partition coefficient (Wildman–Crippen LogP) is 4.36. The number of alkyl halides is 3. The second kappa shape index (κ2) is 5.05. The molecule has 0 N–H and O–H groups in total. The molecule has 1 aromatic heterocycles. The van der Waals surface area contributed by atoms with Gasteiger partial charge in [-0.05, 0) is 49.4 Å². The second-order valence-corrected chi connectivity index (χ2v) is 4.92. The zero-order valence-electron chi connectivity index (χ0n) is 12.0. The lowest BCUT2D eigenvalue weighted by molar-refractivity contribution is -0.137. The Balaban J connectivity index is 2.10. The van der Waals surface area contributed by atoms with E-state index in [9.17, 15) is 13.2 Å². The topological polar surface area (TPSA) is 27.1 Å². The summed E-state index contributed by atoms with van der Waals surface area (Å²) in [6, 6.07) is 10.4. The Morgan fingerprint density at radius 3 is 2.32 bits per heavy atom. The lowest BCUT2D eigenvalue weighted by Crippen LogP contribution is -2.05. The largest absolute Gasteiger partial charge is 0.497 e. The fourth-order valence-electron chi connectivity index (χ4n) is 2.36. The molecule has 0 aliphatic heterocycles. The maximum Gasteiger partial charge on any atom is 0.416 e. The molecule has 22 heavy (non-hydrogen) atoms. The molecule has 114 valence electrons. The normalized spacial score (nSPS) is 11.9. The van der Waals surface area contributed by atoms with Crippen molar-refractivity contribution >= 4 is 10.9 Å². The van der Waals surface area contributed by atoms with Crippen molar-refractivity contribution in [3.8, 4) is 11.4 Å². The monoisotopic (exact) mass is 306 g/mol. The summed E-state index contributed by atoms with van der Waals surface area (Å²) in [4.78, 5) is 0. The molecule has 0 amide bonds. The summed E-state index contributed by atoms with van der Waals surface area (Å²) in [7, 11) is 1.58. The predicted molar refractivity (Wildman–Crippen MR) is 77.4 cm³/mol. The van der Waals surface area contributed by atoms with E-state index in [2.05, 4.69) is 5.10 Å². The molecule has 2 aromatic carbocycles. The zero-order valence-corrected chi connectivity index (χ0v) is 12.0. The molecular formula is C16H13F3N2O. The molecule has 0 saturated heterocycles. The average molecular weight is 306 g/mol. The van der Waals surface area contributed by atoms with Crippen molar-refractivity contribution < 1.29 is 17.9 Å². The van der Waals surface area contributed by atoms with E-state index in [-0.39, 0.29) is 0 Å². The van der Waals surface area contributed by atoms with Crippen molar-refractivity contribution in [1.29, 1.82) is 0 Å². The fraction of sp³-hybridized carbons (Fsp3) is 0.188. The Morgan fingerprint density at radius 2 is 1.73 bits per heavy atom. The summed E-state index contributed by atoms with van der Waals surface area (Å²) >= 11 is 0. The van der Waals surface area contributed by atoms with E-state index in [4.69, 9.17) is 4.74 Å². The number of rotatable bonds is 2. The highest BCUT2D eigenvalue weighted by Gasteiger charge is 2.30. The number of aryl methyl sites for hydroxylation is 1. The first-order chi connectivity index (χ1) is 10.4. The average Bonchev–Trinajstić information content (AvgIpc) is 2.83. The van der Waals surface area contributed by atoms with Crippen LogP contribution in [0, 0.1) is 6.92 Å². The molecule has 0 radical (unpaired) electrons. The number of methoxy groups -OCH3 is 1. The number of ether oxygens (including phenoxy) is 1. The molecule has 3 nitrogen and oxygen atoms in total. The third-order valence-electron chi connectivity index (χ3n) is 3.51. The van der Waals surface area contributed by atoms with Crippen LogP contribution in [0.3, 0.4) is 0 Å². The van der Waals surface area contributed by atoms with Gasteiger partial charge in [-0.15, -0.1) is 0 Å². The lowest BCUT2D eigenvalue weighted by Gasteiger charge is -2.08. The highest BCUT2D eigenvalue weighted by molar-refractivity contribution is 5.84. The molecule has 0 aliphatic carbocycles. The SMILES string of the molecule is COc1ccc2c(c1)c(C)nn2-c1ccc(C(F)(F)F)cc1. The molecule has 0 atom stereocenters. The van der Waals surface area contributed by atoms with Crippen molar-refractivity contribution in [1.82, 2.24) is 9.78 Å². The highest BCUT2D eigenvalue weighted by atomic mass is 19.4. The number of benzene rings is 2. The Bertz CT molecular complexity index is 820. The zero-order chi connectivity index (χ0) is 15.9. The fourth-order valence-corrected chi connectivity index (χ4v) is 2.36. The minimum absolute atomic E-state index is 0.580. The standard InChI is InChI=1S/C16H13F3N2O/c1-10-14-9-13(22-2)7-8-15(14)21(20-10)12-5-3-11(4-6-12)16(17,18)19/h3-9H,1-2H3. The first-order valence-corrected chi connectivity index (χ1v) is 6.61. The Hall–Kier alpha value is -2.50. The van der Waals surface area contributed by atoms with E-state index in [1.807, 2.05) is 19.1 Å². The molecule has 1 heterocycles. The third-order valence-corrected chi connectivity index (χ3v) is 3.51. The quantitative estimate of drug-likeness (QED) is 0.703. The molecule has 0 bridgehead atoms. The number of aromatic nitrogens is 2. The van der Waals surface area contributed by atoms with Crippen LogP contribution in [0.15, 0.2) is 42.5 Å². The molecular weight excluding hydrogens is 293 g/mol. The molecule has 0 unspecified atom stereocenters. The molecule has 0 aliphatic rings. The number of halogens is 3. The summed E-state index contributed by atoms with van der Waals surface area (Å²) in [6.45, 7) is 1.85. The van der Waals surface area contributed by atoms with Gasteiger partial charge in [-0.1, -0.05) is 0 Å². The molecule has 3 rings (SSSR count). The number of hydrogen-bond acceptors (Lipinski definition) is 2. The maximum absolute atomic E-state index is 12.6. The van der Waals surface area contributed by atoms with E-state index in [1.54, 1.807) is 17.9 Å². The highest BCUT2D eigenvalue weighted by Crippen LogP contribution is 2.31. The molecule has 3 aromatic rings. The van der Waals surface area contributed by atoms with Gasteiger partial charge in [0, 0.05) is 5.39 Å². The number of fused-ring (bicyclic) bond motifs is 1. The van der Waals surface area contributed by atoms with Crippen molar-refractivity contribution in [3.05, 3.63) is 53.7 Å². The maximum atomic E-state index is 12.6. The van der Waals surface area contributed by atoms with Gasteiger partial charge in [0.05, 0.1) is 29.6 Å². The van der Waals surface area contributed by atoms with Gasteiger partial charge in [-0.25, -0.2) is 4.68 Å². The van der Waals surface area contributed by atoms with Crippen molar-refractivity contribution in [2.45, 2.75) is 13.1 Å². The van der Waals surface area contributed by atoms with Crippen LogP contribution in [0.2, 0.25) is 0 Å². The smallest absolute Gasteiger partial charge is 0.416 e. The van der Waals surface area contributed by atoms with Crippen LogP contribution < -0.4 is 4.74 Å². The summed E-state index contributed by atoms with van der Waals surface area (Å²) in [5.74, 6) is 0.711. The van der Waals surface area contributed by atoms with Gasteiger partial charge in [0.25, 0.3) is 0 Å². The van der Waals surface area contributed by atoms with Gasteiger partial charge in [0.2, 0.25) is 0 Å². The first kappa shape index (κ1) is 14.4. The molecule has 6 heteroatoms. The van der Waals surface area contributed by atoms with E-state index in [0.717, 1.165) is 28.7 Å². The summed E-state index contributed by atoms with van der Waals surface area (Å²) < 4.78 is 44.7. The van der Waals surface area contributed by atoms with Gasteiger partial charge < -0.3 is 4.74 Å². The number of hydrogen-bond donors (Lipinski definition) is 0. The summed E-state index contributed by atoms with van der Waals surface area (Å²) in [6.07, 6.45) is -4.34. The van der Waals surface area contributed by atoms with Crippen LogP contribution in [-0.4, -0.2) is 16.9 Å². The van der Waals surface area contributed by atoms with Crippen LogP contribution in [0.5, 0.6) is 5.75 Å². The molecule has 0 saturated carbocycles. The van der Waals surface area contributed by atoms with Crippen molar-refractivity contribution in [3.63, 3.8) is 0 Å². The van der Waals surface area contributed by atoms with Gasteiger partial charge in [0.1, 0.15) is 5.75 Å². The van der Waals surface area contributed by atoms with Crippen LogP contribution in [0.1, 0.15) is 11.3 Å². The van der Waals surface area contributed by atoms with Crippen LogP contribution in [0.4, 0.5) is 13.2 Å². The second-order valence-electron chi connectivity index (χ2n) is 4.92. The summed E-state index contributed by atoms with van der Waals surface area (Å²) in [5, 5.41) is 5.31. The van der Waals surface area contributed by atoms with Gasteiger partial charge in [-0.3, -0.25) is 0 Å². The van der Waals surface area contributed by atoms with Gasteiger partial charge in [0.15, 0.2) is 0 Å². The minimum Gasteiger partial charge on any atom is -0.497 e. The van der Waals surface area contributed by atoms with Gasteiger partial charge in [-0.2, -0.15) is 18.3 Å². The third kappa shape index (κ3) is 2.41. The first-order valence-electron chi connectivity index (χ1n) is 6.61. The Labute approximate surface area is 124 Å². The summed E-state index contributed by atoms with van der Waals surface area (Å²) in [5.41, 5.74) is 1.51. The molecule has 0 spiro atoms. The Morgan fingerprint density at radius 1 is 1.05 bits per heavy atom. The number of nitrogens with zero attached hydrogens (tertiary/aromatic N) is 2. The van der Waals surface area contributed by atoms with E-state index in [1.165, 1.54) is 12.1 Å². The van der Waals surface area contributed by atoms with Crippen molar-refractivity contribution in [2.24, 2.45) is 0 Å². The van der Waals surface area contributed by atoms with E-state index in [0.29, 0.717) is 11.4 Å². The van der Waals surface area contributed by atoms with E-state index >= 15 is 0 Å². The minimum atomic E-state index is -4.34.